The molecule has 2 atom stereocenters. The van der Waals surface area contributed by atoms with Gasteiger partial charge in [0.2, 0.25) is 0 Å². The summed E-state index contributed by atoms with van der Waals surface area (Å²) in [6.07, 6.45) is 2.30. The van der Waals surface area contributed by atoms with Crippen LogP contribution in [0.1, 0.15) is 42.4 Å². The van der Waals surface area contributed by atoms with Crippen molar-refractivity contribution in [2.75, 3.05) is 13.1 Å². The summed E-state index contributed by atoms with van der Waals surface area (Å²) in [5.74, 6) is -0.292. The minimum absolute atomic E-state index is 0. The average molecular weight is 531 g/mol. The zero-order chi connectivity index (χ0) is 24.2. The first kappa shape index (κ1) is 28.9. The second-order valence-corrected chi connectivity index (χ2v) is 8.89. The maximum absolute atomic E-state index is 12.1. The van der Waals surface area contributed by atoms with Crippen molar-refractivity contribution in [1.82, 2.24) is 4.90 Å². The van der Waals surface area contributed by atoms with Crippen molar-refractivity contribution in [3.05, 3.63) is 77.4 Å². The first-order chi connectivity index (χ1) is 16.3. The zero-order valence-corrected chi connectivity index (χ0v) is 21.7. The van der Waals surface area contributed by atoms with E-state index in [2.05, 4.69) is 0 Å². The molecule has 4 rings (SSSR count). The molecule has 0 spiro atoms. The first-order valence-electron chi connectivity index (χ1n) is 11.5. The van der Waals surface area contributed by atoms with Crippen LogP contribution < -0.4 is 10.5 Å². The number of benzene rings is 3. The summed E-state index contributed by atoms with van der Waals surface area (Å²) in [5.41, 5.74) is 7.89. The topological polar surface area (TPSA) is 123 Å². The van der Waals surface area contributed by atoms with Gasteiger partial charge in [-0.15, -0.1) is 24.8 Å². The number of piperidine rings is 1. The van der Waals surface area contributed by atoms with E-state index in [9.17, 15) is 9.90 Å². The molecule has 9 heteroatoms. The third-order valence-electron chi connectivity index (χ3n) is 6.39. The van der Waals surface area contributed by atoms with Gasteiger partial charge in [0.05, 0.1) is 18.3 Å². The largest absolute Gasteiger partial charge is 0.489 e. The van der Waals surface area contributed by atoms with E-state index < -0.39 is 11.9 Å². The number of nitrogens with zero attached hydrogens (tertiary/aromatic N) is 1. The highest BCUT2D eigenvalue weighted by Crippen LogP contribution is 2.27. The van der Waals surface area contributed by atoms with Gasteiger partial charge in [-0.2, -0.15) is 0 Å². The average Bonchev–Trinajstić information content (AvgIpc) is 2.82. The molecule has 1 heterocycles. The Balaban J connectivity index is 0.00000228. The molecule has 0 amide bonds. The molecular weight excluding hydrogens is 499 g/mol. The first-order valence-corrected chi connectivity index (χ1v) is 11.5. The predicted octanol–water partition coefficient (Wildman–Crippen LogP) is 5.22. The van der Waals surface area contributed by atoms with Gasteiger partial charge in [-0.05, 0) is 66.3 Å². The minimum Gasteiger partial charge on any atom is -0.489 e. The van der Waals surface area contributed by atoms with Crippen molar-refractivity contribution in [3.8, 4) is 5.75 Å². The maximum atomic E-state index is 12.1. The molecular formula is C27H32Cl2N4O3. The molecule has 5 N–H and O–H groups in total. The van der Waals surface area contributed by atoms with E-state index in [1.807, 2.05) is 65.6 Å². The lowest BCUT2D eigenvalue weighted by Gasteiger charge is -2.33. The molecule has 1 aliphatic rings. The number of nitrogens with two attached hydrogens (primary N) is 1. The number of carboxylic acids is 1. The second-order valence-electron chi connectivity index (χ2n) is 8.89. The fraction of sp³-hybridized carbons (Fsp3) is 0.296. The predicted molar refractivity (Wildman–Crippen MR) is 149 cm³/mol. The Morgan fingerprint density at radius 3 is 2.42 bits per heavy atom. The van der Waals surface area contributed by atoms with Gasteiger partial charge in [0.15, 0.2) is 0 Å². The number of aliphatic carboxylic acids is 1. The fourth-order valence-electron chi connectivity index (χ4n) is 4.48. The smallest absolute Gasteiger partial charge is 0.311 e. The van der Waals surface area contributed by atoms with Gasteiger partial charge in [-0.3, -0.25) is 15.6 Å². The van der Waals surface area contributed by atoms with Crippen LogP contribution in [0, 0.1) is 10.8 Å². The molecule has 0 bridgehead atoms. The summed E-state index contributed by atoms with van der Waals surface area (Å²) in [4.78, 5) is 14.1. The molecule has 0 radical (unpaired) electrons. The SMILES string of the molecule is CC(=N)N1CCC[C@@H](Oc2ccc(C(Cc3ccc4ccc(C(=N)N)cc4c3)C(=O)O)cc2)C1.Cl.Cl. The molecule has 0 aliphatic carbocycles. The van der Waals surface area contributed by atoms with Crippen molar-refractivity contribution in [2.45, 2.75) is 38.2 Å². The lowest BCUT2D eigenvalue weighted by atomic mass is 9.91. The van der Waals surface area contributed by atoms with E-state index in [4.69, 9.17) is 21.3 Å². The Morgan fingerprint density at radius 2 is 1.78 bits per heavy atom. The van der Waals surface area contributed by atoms with Crippen molar-refractivity contribution >= 4 is 53.2 Å². The highest BCUT2D eigenvalue weighted by atomic mass is 35.5. The number of halogens is 2. The van der Waals surface area contributed by atoms with Gasteiger partial charge in [-0.1, -0.05) is 42.5 Å². The summed E-state index contributed by atoms with van der Waals surface area (Å²) >= 11 is 0. The van der Waals surface area contributed by atoms with Crippen LogP contribution in [0.4, 0.5) is 0 Å². The van der Waals surface area contributed by atoms with Gasteiger partial charge >= 0.3 is 5.97 Å². The molecule has 3 aromatic carbocycles. The number of fused-ring (bicyclic) bond motifs is 1. The van der Waals surface area contributed by atoms with E-state index in [-0.39, 0.29) is 36.8 Å². The summed E-state index contributed by atoms with van der Waals surface area (Å²) in [6.45, 7) is 3.38. The van der Waals surface area contributed by atoms with E-state index in [1.165, 1.54) is 0 Å². The van der Waals surface area contributed by atoms with Gasteiger partial charge in [0, 0.05) is 12.1 Å². The van der Waals surface area contributed by atoms with Crippen LogP contribution in [0.5, 0.6) is 5.75 Å². The number of hydrogen-bond acceptors (Lipinski definition) is 4. The Bertz CT molecular complexity index is 1230. The number of nitrogen functional groups attached to an aromatic ring is 1. The zero-order valence-electron chi connectivity index (χ0n) is 20.1. The van der Waals surface area contributed by atoms with Crippen LogP contribution in [0.25, 0.3) is 10.8 Å². The lowest BCUT2D eigenvalue weighted by Crippen LogP contribution is -2.43. The molecule has 1 unspecified atom stereocenters. The van der Waals surface area contributed by atoms with Crippen LogP contribution in [-0.2, 0) is 11.2 Å². The molecule has 1 fully saturated rings. The fourth-order valence-corrected chi connectivity index (χ4v) is 4.48. The van der Waals surface area contributed by atoms with Crippen LogP contribution in [0.15, 0.2) is 60.7 Å². The van der Waals surface area contributed by atoms with Crippen LogP contribution >= 0.6 is 24.8 Å². The molecule has 36 heavy (non-hydrogen) atoms. The number of ether oxygens (including phenoxy) is 1. The third kappa shape index (κ3) is 6.89. The minimum atomic E-state index is -0.879. The number of likely N-dealkylation sites (tertiary alicyclic amines) is 1. The number of carboxylic acid groups (broad SMARTS) is 1. The highest BCUT2D eigenvalue weighted by Gasteiger charge is 2.23. The Hall–Kier alpha value is -3.29. The summed E-state index contributed by atoms with van der Waals surface area (Å²) < 4.78 is 6.11. The quantitative estimate of drug-likeness (QED) is 0.246. The lowest BCUT2D eigenvalue weighted by molar-refractivity contribution is -0.138. The molecule has 192 valence electrons. The third-order valence-corrected chi connectivity index (χ3v) is 6.39. The monoisotopic (exact) mass is 530 g/mol. The van der Waals surface area contributed by atoms with E-state index >= 15 is 0 Å². The normalized spacial score (nSPS) is 15.8. The second kappa shape index (κ2) is 12.6. The van der Waals surface area contributed by atoms with Crippen LogP contribution in [0.3, 0.4) is 0 Å². The van der Waals surface area contributed by atoms with Crippen molar-refractivity contribution < 1.29 is 14.6 Å². The number of carbonyl (C=O) groups is 1. The van der Waals surface area contributed by atoms with Crippen molar-refractivity contribution in [2.24, 2.45) is 5.73 Å². The Labute approximate surface area is 223 Å². The number of nitrogens with one attached hydrogen (secondary N) is 2. The van der Waals surface area contributed by atoms with Crippen LogP contribution in [0.2, 0.25) is 0 Å². The standard InChI is InChI=1S/C27H30N4O3.2ClH/c1-17(28)31-12-2-3-24(16-31)34-23-10-8-20(9-11-23)25(27(32)33)14-18-4-5-19-6-7-21(26(29)30)15-22(19)13-18;;/h4-11,13,15,24-25,28H,2-3,12,14,16H2,1H3,(H3,29,30)(H,32,33);2*1H/t24-,25?;;/m1../s1. The maximum Gasteiger partial charge on any atom is 0.311 e. The van der Waals surface area contributed by atoms with E-state index in [0.717, 1.165) is 41.3 Å². The summed E-state index contributed by atoms with van der Waals surface area (Å²) in [5, 5.41) is 27.4. The molecule has 7 nitrogen and oxygen atoms in total. The molecule has 1 saturated heterocycles. The Kier molecular flexibility index (Phi) is 10.1. The summed E-state index contributed by atoms with van der Waals surface area (Å²) in [7, 11) is 0. The number of hydrogen-bond donors (Lipinski definition) is 4. The highest BCUT2D eigenvalue weighted by molar-refractivity contribution is 5.99. The molecule has 1 aliphatic heterocycles. The van der Waals surface area contributed by atoms with Crippen LogP contribution in [-0.4, -0.2) is 46.8 Å². The van der Waals surface area contributed by atoms with E-state index in [1.54, 1.807) is 6.92 Å². The number of amidine groups is 2. The number of rotatable bonds is 7. The van der Waals surface area contributed by atoms with Gasteiger partial charge in [0.1, 0.15) is 17.7 Å². The van der Waals surface area contributed by atoms with Gasteiger partial charge in [-0.25, -0.2) is 0 Å². The molecule has 0 aromatic heterocycles. The molecule has 3 aromatic rings. The van der Waals surface area contributed by atoms with Gasteiger partial charge < -0.3 is 20.5 Å². The van der Waals surface area contributed by atoms with E-state index in [0.29, 0.717) is 30.1 Å². The van der Waals surface area contributed by atoms with Crippen molar-refractivity contribution in [3.63, 3.8) is 0 Å². The van der Waals surface area contributed by atoms with Gasteiger partial charge in [0.25, 0.3) is 0 Å². The van der Waals surface area contributed by atoms with Crippen molar-refractivity contribution in [1.29, 1.82) is 10.8 Å². The summed E-state index contributed by atoms with van der Waals surface area (Å²) in [6, 6.07) is 18.8. The molecule has 0 saturated carbocycles. The Morgan fingerprint density at radius 1 is 1.08 bits per heavy atom.